The Kier molecular flexibility index (Phi) is 4.56. The molecular formula is C16H10O8S4. The van der Waals surface area contributed by atoms with Crippen molar-refractivity contribution in [2.75, 3.05) is 0 Å². The molecule has 0 aliphatic heterocycles. The fraction of sp³-hybridized carbons (Fsp3) is 0. The van der Waals surface area contributed by atoms with Crippen molar-refractivity contribution in [3.05, 3.63) is 48.5 Å². The first-order valence-electron chi connectivity index (χ1n) is 7.49. The Morgan fingerprint density at radius 3 is 1.36 bits per heavy atom. The van der Waals surface area contributed by atoms with E-state index in [1.807, 2.05) is 0 Å². The highest BCUT2D eigenvalue weighted by molar-refractivity contribution is 7.81. The van der Waals surface area contributed by atoms with Crippen LogP contribution in [0.15, 0.2) is 48.5 Å². The minimum absolute atomic E-state index is 0.158. The molecule has 4 aromatic rings. The van der Waals surface area contributed by atoms with Crippen molar-refractivity contribution >= 4 is 63.6 Å². The summed E-state index contributed by atoms with van der Waals surface area (Å²) in [5.41, 5.74) is 0. The average Bonchev–Trinajstić information content (AvgIpc) is 3.11. The molecule has 0 fully saturated rings. The minimum Gasteiger partial charge on any atom is -0.360 e. The van der Waals surface area contributed by atoms with Gasteiger partial charge in [-0.1, -0.05) is 24.3 Å². The van der Waals surface area contributed by atoms with Crippen molar-refractivity contribution in [3.8, 4) is 21.3 Å². The van der Waals surface area contributed by atoms with Crippen LogP contribution in [0.4, 0.5) is 0 Å². The molecule has 0 bridgehead atoms. The smallest absolute Gasteiger partial charge is 0.360 e. The highest BCUT2D eigenvalue weighted by atomic mass is 32.3. The highest BCUT2D eigenvalue weighted by Gasteiger charge is 2.27. The SMILES string of the molecule is O=S(=O)(O)Oc1c(-c2sc3ccccc3c2OS(=O)(=O)O)sc2ccccc12. The highest BCUT2D eigenvalue weighted by Crippen LogP contribution is 2.53. The Hall–Kier alpha value is -2.22. The van der Waals surface area contributed by atoms with E-state index in [-0.39, 0.29) is 21.3 Å². The van der Waals surface area contributed by atoms with Crippen LogP contribution in [0.5, 0.6) is 11.5 Å². The lowest BCUT2D eigenvalue weighted by molar-refractivity contribution is 0.385. The van der Waals surface area contributed by atoms with Gasteiger partial charge in [0, 0.05) is 20.2 Å². The number of fused-ring (bicyclic) bond motifs is 2. The van der Waals surface area contributed by atoms with E-state index in [1.54, 1.807) is 48.5 Å². The third kappa shape index (κ3) is 3.70. The van der Waals surface area contributed by atoms with Gasteiger partial charge in [0.2, 0.25) is 0 Å². The van der Waals surface area contributed by atoms with Gasteiger partial charge in [-0.2, -0.15) is 16.8 Å². The molecule has 0 unspecified atom stereocenters. The summed E-state index contributed by atoms with van der Waals surface area (Å²) in [5, 5.41) is 0.825. The lowest BCUT2D eigenvalue weighted by Gasteiger charge is -2.06. The fourth-order valence-electron chi connectivity index (χ4n) is 2.72. The van der Waals surface area contributed by atoms with Crippen LogP contribution in [0.2, 0.25) is 0 Å². The molecule has 8 nitrogen and oxygen atoms in total. The van der Waals surface area contributed by atoms with Gasteiger partial charge in [0.25, 0.3) is 0 Å². The maximum Gasteiger partial charge on any atom is 0.446 e. The molecule has 2 aromatic heterocycles. The zero-order valence-corrected chi connectivity index (χ0v) is 16.9. The summed E-state index contributed by atoms with van der Waals surface area (Å²) in [7, 11) is -9.69. The van der Waals surface area contributed by atoms with Crippen LogP contribution in [0, 0.1) is 0 Å². The molecule has 28 heavy (non-hydrogen) atoms. The van der Waals surface area contributed by atoms with Gasteiger partial charge < -0.3 is 8.37 Å². The van der Waals surface area contributed by atoms with Crippen LogP contribution in [0.3, 0.4) is 0 Å². The van der Waals surface area contributed by atoms with Gasteiger partial charge in [0.05, 0.1) is 9.75 Å². The molecule has 12 heteroatoms. The normalized spacial score (nSPS) is 12.5. The van der Waals surface area contributed by atoms with Gasteiger partial charge in [0.1, 0.15) is 0 Å². The molecule has 0 saturated carbocycles. The lowest BCUT2D eigenvalue weighted by Crippen LogP contribution is -2.08. The predicted octanol–water partition coefficient (Wildman–Crippen LogP) is 4.15. The van der Waals surface area contributed by atoms with Crippen LogP contribution >= 0.6 is 22.7 Å². The summed E-state index contributed by atoms with van der Waals surface area (Å²) in [6, 6.07) is 13.4. The number of benzene rings is 2. The van der Waals surface area contributed by atoms with Crippen molar-refractivity contribution in [1.82, 2.24) is 0 Å². The van der Waals surface area contributed by atoms with E-state index in [9.17, 15) is 25.9 Å². The second-order valence-electron chi connectivity index (χ2n) is 5.54. The Labute approximate surface area is 167 Å². The summed E-state index contributed by atoms with van der Waals surface area (Å²) in [6.45, 7) is 0. The number of hydrogen-bond acceptors (Lipinski definition) is 8. The number of thiophene rings is 2. The summed E-state index contributed by atoms with van der Waals surface area (Å²) < 4.78 is 74.8. The van der Waals surface area contributed by atoms with Crippen molar-refractivity contribution in [1.29, 1.82) is 0 Å². The molecule has 0 saturated heterocycles. The Balaban J connectivity index is 2.07. The zero-order chi connectivity index (χ0) is 20.1. The molecule has 0 radical (unpaired) electrons. The molecule has 2 aromatic carbocycles. The van der Waals surface area contributed by atoms with Crippen LogP contribution in [-0.2, 0) is 20.8 Å². The summed E-state index contributed by atoms with van der Waals surface area (Å²) >= 11 is 2.25. The third-order valence-corrected chi connectivity index (χ3v) is 6.91. The molecule has 146 valence electrons. The van der Waals surface area contributed by atoms with Crippen molar-refractivity contribution in [2.45, 2.75) is 0 Å². The van der Waals surface area contributed by atoms with E-state index in [4.69, 9.17) is 8.37 Å². The molecule has 2 heterocycles. The maximum absolute atomic E-state index is 11.4. The molecule has 0 aliphatic carbocycles. The van der Waals surface area contributed by atoms with Crippen LogP contribution in [0.1, 0.15) is 0 Å². The lowest BCUT2D eigenvalue weighted by atomic mass is 10.2. The first-order valence-corrected chi connectivity index (χ1v) is 11.9. The van der Waals surface area contributed by atoms with Crippen molar-refractivity contribution in [3.63, 3.8) is 0 Å². The molecular weight excluding hydrogens is 448 g/mol. The van der Waals surface area contributed by atoms with Gasteiger partial charge in [-0.25, -0.2) is 0 Å². The van der Waals surface area contributed by atoms with Crippen molar-refractivity contribution < 1.29 is 34.3 Å². The van der Waals surface area contributed by atoms with E-state index in [0.717, 1.165) is 22.7 Å². The molecule has 0 spiro atoms. The van der Waals surface area contributed by atoms with Gasteiger partial charge >= 0.3 is 20.8 Å². The zero-order valence-electron chi connectivity index (χ0n) is 13.6. The van der Waals surface area contributed by atoms with E-state index in [1.165, 1.54) is 0 Å². The summed E-state index contributed by atoms with van der Waals surface area (Å²) in [5.74, 6) is -0.315. The maximum atomic E-state index is 11.4. The molecule has 0 atom stereocenters. The molecule has 0 amide bonds. The largest absolute Gasteiger partial charge is 0.446 e. The third-order valence-electron chi connectivity index (χ3n) is 3.68. The van der Waals surface area contributed by atoms with E-state index < -0.39 is 20.8 Å². The topological polar surface area (TPSA) is 127 Å². The quantitative estimate of drug-likeness (QED) is 0.427. The van der Waals surface area contributed by atoms with E-state index in [0.29, 0.717) is 20.2 Å². The van der Waals surface area contributed by atoms with Gasteiger partial charge in [-0.05, 0) is 24.3 Å². The first-order chi connectivity index (χ1) is 13.1. The summed E-state index contributed by atoms with van der Waals surface area (Å²) in [4.78, 5) is 0.470. The Bertz CT molecular complexity index is 1300. The standard InChI is InChI=1S/C16H10O8S4/c17-27(18,19)23-13-9-5-1-3-7-11(9)25-15(13)16-14(24-28(20,21)22)10-6-2-4-8-12(10)26-16/h1-8H,(H,17,18,19)(H,20,21,22). The number of hydrogen-bond donors (Lipinski definition) is 2. The Morgan fingerprint density at radius 1 is 0.643 bits per heavy atom. The van der Waals surface area contributed by atoms with Gasteiger partial charge in [-0.3, -0.25) is 9.11 Å². The second-order valence-corrected chi connectivity index (χ2v) is 9.68. The van der Waals surface area contributed by atoms with E-state index in [2.05, 4.69) is 0 Å². The predicted molar refractivity (Wildman–Crippen MR) is 107 cm³/mol. The van der Waals surface area contributed by atoms with Crippen molar-refractivity contribution in [2.24, 2.45) is 0 Å². The molecule has 0 aliphatic rings. The average molecular weight is 459 g/mol. The van der Waals surface area contributed by atoms with Crippen LogP contribution in [0.25, 0.3) is 29.9 Å². The monoisotopic (exact) mass is 458 g/mol. The van der Waals surface area contributed by atoms with Crippen LogP contribution in [-0.4, -0.2) is 25.9 Å². The Morgan fingerprint density at radius 2 is 1.00 bits per heavy atom. The van der Waals surface area contributed by atoms with Crippen LogP contribution < -0.4 is 8.37 Å². The van der Waals surface area contributed by atoms with Gasteiger partial charge in [-0.15, -0.1) is 22.7 Å². The summed E-state index contributed by atoms with van der Waals surface area (Å²) in [6.07, 6.45) is 0. The van der Waals surface area contributed by atoms with Gasteiger partial charge in [0.15, 0.2) is 11.5 Å². The number of rotatable bonds is 5. The fourth-order valence-corrected chi connectivity index (χ4v) is 5.98. The minimum atomic E-state index is -4.84. The second kappa shape index (κ2) is 6.69. The first kappa shape index (κ1) is 19.1. The molecule has 2 N–H and O–H groups in total. The molecule has 4 rings (SSSR count). The van der Waals surface area contributed by atoms with E-state index >= 15 is 0 Å².